The number of amides is 2. The zero-order chi connectivity index (χ0) is 19.2. The van der Waals surface area contributed by atoms with Crippen LogP contribution in [0.15, 0.2) is 24.3 Å². The van der Waals surface area contributed by atoms with E-state index >= 15 is 0 Å². The van der Waals surface area contributed by atoms with Crippen LogP contribution in [0.25, 0.3) is 0 Å². The van der Waals surface area contributed by atoms with Crippen molar-refractivity contribution in [3.8, 4) is 0 Å². The molecule has 2 atom stereocenters. The lowest BCUT2D eigenvalue weighted by atomic mass is 9.97. The highest BCUT2D eigenvalue weighted by atomic mass is 35.5. The largest absolute Gasteiger partial charge is 0.394 e. The van der Waals surface area contributed by atoms with Gasteiger partial charge in [0.1, 0.15) is 6.10 Å². The van der Waals surface area contributed by atoms with Crippen molar-refractivity contribution in [1.29, 1.82) is 0 Å². The topological polar surface area (TPSA) is 70.1 Å². The summed E-state index contributed by atoms with van der Waals surface area (Å²) < 4.78 is 5.69. The first-order valence-corrected chi connectivity index (χ1v) is 10.0. The number of benzene rings is 1. The van der Waals surface area contributed by atoms with Gasteiger partial charge in [0.15, 0.2) is 0 Å². The van der Waals surface area contributed by atoms with Gasteiger partial charge in [-0.3, -0.25) is 9.59 Å². The Morgan fingerprint density at radius 2 is 2.04 bits per heavy atom. The minimum absolute atomic E-state index is 0.0429. The molecule has 1 aromatic carbocycles. The number of halogens is 1. The summed E-state index contributed by atoms with van der Waals surface area (Å²) >= 11 is 6.36. The summed E-state index contributed by atoms with van der Waals surface area (Å²) in [5.41, 5.74) is 0.775. The smallest absolute Gasteiger partial charge is 0.225 e. The predicted octanol–water partition coefficient (Wildman–Crippen LogP) is 2.39. The number of morpholine rings is 1. The average Bonchev–Trinajstić information content (AvgIpc) is 2.90. The molecular formula is C20H27ClN2O4. The van der Waals surface area contributed by atoms with Crippen LogP contribution in [0.5, 0.6) is 0 Å². The second-order valence-electron chi connectivity index (χ2n) is 7.09. The number of aliphatic hydroxyl groups is 1. The van der Waals surface area contributed by atoms with E-state index in [4.69, 9.17) is 16.3 Å². The Kier molecular flexibility index (Phi) is 7.10. The highest BCUT2D eigenvalue weighted by Gasteiger charge is 2.37. The predicted molar refractivity (Wildman–Crippen MR) is 102 cm³/mol. The summed E-state index contributed by atoms with van der Waals surface area (Å²) in [5, 5.41) is 10.3. The number of rotatable bonds is 5. The first kappa shape index (κ1) is 20.1. The molecule has 2 aliphatic heterocycles. The molecule has 2 amide bonds. The molecule has 2 heterocycles. The Labute approximate surface area is 165 Å². The molecule has 0 unspecified atom stereocenters. The number of ether oxygens (including phenoxy) is 1. The summed E-state index contributed by atoms with van der Waals surface area (Å²) in [6.07, 6.45) is 3.31. The highest BCUT2D eigenvalue weighted by Crippen LogP contribution is 2.34. The van der Waals surface area contributed by atoms with Gasteiger partial charge in [-0.2, -0.15) is 0 Å². The number of hydrogen-bond acceptors (Lipinski definition) is 4. The van der Waals surface area contributed by atoms with E-state index in [0.29, 0.717) is 31.1 Å². The molecular weight excluding hydrogens is 368 g/mol. The van der Waals surface area contributed by atoms with Gasteiger partial charge in [0.25, 0.3) is 0 Å². The Morgan fingerprint density at radius 1 is 1.22 bits per heavy atom. The van der Waals surface area contributed by atoms with Gasteiger partial charge in [-0.05, 0) is 24.5 Å². The van der Waals surface area contributed by atoms with E-state index in [9.17, 15) is 14.7 Å². The molecule has 2 aliphatic rings. The minimum atomic E-state index is -0.512. The van der Waals surface area contributed by atoms with Crippen molar-refractivity contribution in [2.45, 2.75) is 44.2 Å². The van der Waals surface area contributed by atoms with Gasteiger partial charge in [0, 0.05) is 37.5 Å². The van der Waals surface area contributed by atoms with Crippen LogP contribution in [0.4, 0.5) is 0 Å². The summed E-state index contributed by atoms with van der Waals surface area (Å²) in [4.78, 5) is 28.7. The fraction of sp³-hybridized carbons (Fsp3) is 0.600. The van der Waals surface area contributed by atoms with E-state index in [0.717, 1.165) is 31.4 Å². The number of aliphatic hydroxyl groups excluding tert-OH is 1. The standard InChI is InChI=1S/C20H27ClN2O4/c21-16-7-4-3-6-15(16)20-17(14-24)27-13-12-23(20)19(26)9-11-22-10-5-1-2-8-18(22)25/h3-4,6-7,17,20,24H,1-2,5,8-14H2/t17-,20-/m0/s1. The van der Waals surface area contributed by atoms with Gasteiger partial charge in [-0.15, -0.1) is 0 Å². The van der Waals surface area contributed by atoms with E-state index in [2.05, 4.69) is 0 Å². The van der Waals surface area contributed by atoms with E-state index in [1.54, 1.807) is 15.9 Å². The molecule has 1 N–H and O–H groups in total. The van der Waals surface area contributed by atoms with Crippen LogP contribution in [0.2, 0.25) is 5.02 Å². The third kappa shape index (κ3) is 4.81. The van der Waals surface area contributed by atoms with Gasteiger partial charge < -0.3 is 19.6 Å². The summed E-state index contributed by atoms with van der Waals surface area (Å²) in [5.74, 6) is 0.0943. The summed E-state index contributed by atoms with van der Waals surface area (Å²) in [7, 11) is 0. The molecule has 2 fully saturated rings. The maximum Gasteiger partial charge on any atom is 0.225 e. The van der Waals surface area contributed by atoms with Crippen molar-refractivity contribution < 1.29 is 19.4 Å². The summed E-state index contributed by atoms with van der Waals surface area (Å²) in [6, 6.07) is 6.91. The Bertz CT molecular complexity index is 669. The van der Waals surface area contributed by atoms with Crippen molar-refractivity contribution in [2.75, 3.05) is 32.8 Å². The van der Waals surface area contributed by atoms with Gasteiger partial charge >= 0.3 is 0 Å². The molecule has 0 aliphatic carbocycles. The van der Waals surface area contributed by atoms with Crippen molar-refractivity contribution in [3.63, 3.8) is 0 Å². The molecule has 0 spiro atoms. The van der Waals surface area contributed by atoms with Crippen molar-refractivity contribution >= 4 is 23.4 Å². The second kappa shape index (κ2) is 9.53. The SMILES string of the molecule is O=C1CCCCCN1CCC(=O)N1CCO[C@@H](CO)[C@@H]1c1ccccc1Cl. The molecule has 7 heteroatoms. The Hall–Kier alpha value is -1.63. The lowest BCUT2D eigenvalue weighted by Crippen LogP contribution is -2.50. The van der Waals surface area contributed by atoms with Gasteiger partial charge in [-0.1, -0.05) is 36.2 Å². The van der Waals surface area contributed by atoms with Crippen LogP contribution in [0.1, 0.15) is 43.7 Å². The molecule has 1 aromatic rings. The zero-order valence-corrected chi connectivity index (χ0v) is 16.2. The van der Waals surface area contributed by atoms with Crippen LogP contribution < -0.4 is 0 Å². The fourth-order valence-corrected chi connectivity index (χ4v) is 4.15. The van der Waals surface area contributed by atoms with Crippen molar-refractivity contribution in [2.24, 2.45) is 0 Å². The molecule has 0 radical (unpaired) electrons. The van der Waals surface area contributed by atoms with Crippen molar-refractivity contribution in [1.82, 2.24) is 9.80 Å². The molecule has 0 bridgehead atoms. The Balaban J connectivity index is 1.72. The van der Waals surface area contributed by atoms with Crippen molar-refractivity contribution in [3.05, 3.63) is 34.9 Å². The molecule has 6 nitrogen and oxygen atoms in total. The van der Waals surface area contributed by atoms with E-state index < -0.39 is 12.1 Å². The molecule has 27 heavy (non-hydrogen) atoms. The first-order valence-electron chi connectivity index (χ1n) is 9.66. The number of carbonyl (C=O) groups excluding carboxylic acids is 2. The molecule has 148 valence electrons. The van der Waals surface area contributed by atoms with Gasteiger partial charge in [0.05, 0.1) is 19.3 Å². The highest BCUT2D eigenvalue weighted by molar-refractivity contribution is 6.31. The quantitative estimate of drug-likeness (QED) is 0.832. The van der Waals surface area contributed by atoms with E-state index in [1.165, 1.54) is 0 Å². The van der Waals surface area contributed by atoms with Crippen LogP contribution >= 0.6 is 11.6 Å². The fourth-order valence-electron chi connectivity index (χ4n) is 3.90. The Morgan fingerprint density at radius 3 is 2.81 bits per heavy atom. The van der Waals surface area contributed by atoms with Crippen LogP contribution in [0.3, 0.4) is 0 Å². The maximum absolute atomic E-state index is 13.0. The maximum atomic E-state index is 13.0. The van der Waals surface area contributed by atoms with Gasteiger partial charge in [-0.25, -0.2) is 0 Å². The second-order valence-corrected chi connectivity index (χ2v) is 7.49. The zero-order valence-electron chi connectivity index (χ0n) is 15.5. The van der Waals surface area contributed by atoms with Crippen LogP contribution in [-0.4, -0.2) is 65.7 Å². The van der Waals surface area contributed by atoms with E-state index in [-0.39, 0.29) is 24.8 Å². The molecule has 0 saturated carbocycles. The number of carbonyl (C=O) groups is 2. The summed E-state index contributed by atoms with van der Waals surface area (Å²) in [6.45, 7) is 1.79. The number of hydrogen-bond donors (Lipinski definition) is 1. The average molecular weight is 395 g/mol. The van der Waals surface area contributed by atoms with Gasteiger partial charge in [0.2, 0.25) is 11.8 Å². The molecule has 3 rings (SSSR count). The first-order chi connectivity index (χ1) is 13.1. The third-order valence-corrected chi connectivity index (χ3v) is 5.69. The lowest BCUT2D eigenvalue weighted by molar-refractivity contribution is -0.150. The lowest BCUT2D eigenvalue weighted by Gasteiger charge is -2.41. The normalized spacial score (nSPS) is 24.0. The number of likely N-dealkylation sites (tertiary alicyclic amines) is 1. The molecule has 2 saturated heterocycles. The minimum Gasteiger partial charge on any atom is -0.394 e. The monoisotopic (exact) mass is 394 g/mol. The van der Waals surface area contributed by atoms with Crippen LogP contribution in [0, 0.1) is 0 Å². The molecule has 0 aromatic heterocycles. The van der Waals surface area contributed by atoms with Crippen LogP contribution in [-0.2, 0) is 14.3 Å². The third-order valence-electron chi connectivity index (χ3n) is 5.34. The van der Waals surface area contributed by atoms with E-state index in [1.807, 2.05) is 18.2 Å². The number of nitrogens with zero attached hydrogens (tertiary/aromatic N) is 2.